The van der Waals surface area contributed by atoms with Crippen LogP contribution in [0.1, 0.15) is 128 Å². The molecule has 0 aromatic heterocycles. The molecule has 79 heavy (non-hydrogen) atoms. The minimum atomic E-state index is -2.47. The summed E-state index contributed by atoms with van der Waals surface area (Å²) in [6.45, 7) is 36.3. The van der Waals surface area contributed by atoms with Crippen molar-refractivity contribution in [3.63, 3.8) is 0 Å². The maximum absolute atomic E-state index is 15.5. The van der Waals surface area contributed by atoms with E-state index in [-0.39, 0.29) is 72.9 Å². The summed E-state index contributed by atoms with van der Waals surface area (Å²) in [5.41, 5.74) is 1.60. The van der Waals surface area contributed by atoms with E-state index in [1.54, 1.807) is 21.1 Å². The fourth-order valence-corrected chi connectivity index (χ4v) is 15.1. The molecule has 6 heterocycles. The highest BCUT2D eigenvalue weighted by Gasteiger charge is 2.64. The highest BCUT2D eigenvalue weighted by molar-refractivity contribution is 6.74. The molecule has 20 atom stereocenters. The third-order valence-electron chi connectivity index (χ3n) is 17.9. The molecule has 6 aliphatic heterocycles. The smallest absolute Gasteiger partial charge is 0.316 e. The zero-order valence-corrected chi connectivity index (χ0v) is 53.3. The van der Waals surface area contributed by atoms with Crippen molar-refractivity contribution < 1.29 is 75.3 Å². The van der Waals surface area contributed by atoms with Crippen molar-refractivity contribution >= 4 is 28.6 Å². The van der Waals surface area contributed by atoms with Crippen LogP contribution in [0.3, 0.4) is 0 Å². The predicted molar refractivity (Wildman–Crippen MR) is 306 cm³/mol. The van der Waals surface area contributed by atoms with Gasteiger partial charge in [-0.05, 0) is 101 Å². The SMILES string of the molecule is CCC(=O)OCO[C@H]1[C@H](C)O[C@@H](O[C@H]2[C@H](C)O[C@@H](O[C@@H]3/C(C)=C/C[C@@H]4C[C@@H](C[C@]5(C=C[C@H](C)[C@@H](C(C)CC)O5)O4)OC(=O)[C@@H]4C=C(C)[C@@H](O[Si](C)(C)C(C)(C)C)[C@H]5OC/C(=C\C=C\[C@@H]3C)[C@]54O[Si](C)(C)C)C[C@@H]2OC)C[C@@H]1OC. The summed E-state index contributed by atoms with van der Waals surface area (Å²) in [4.78, 5) is 27.3. The van der Waals surface area contributed by atoms with Gasteiger partial charge in [0.15, 0.2) is 41.8 Å². The summed E-state index contributed by atoms with van der Waals surface area (Å²) in [7, 11) is -1.55. The third kappa shape index (κ3) is 14.8. The first-order valence-electron chi connectivity index (χ1n) is 29.5. The van der Waals surface area contributed by atoms with Crippen LogP contribution in [0.15, 0.2) is 59.3 Å². The number of ether oxygens (including phenoxy) is 12. The Morgan fingerprint density at radius 2 is 1.49 bits per heavy atom. The molecule has 0 saturated carbocycles. The fraction of sp³-hybridized carbons (Fsp3) is 0.803. The van der Waals surface area contributed by atoms with Crippen molar-refractivity contribution in [3.05, 3.63) is 59.3 Å². The van der Waals surface area contributed by atoms with Gasteiger partial charge in [-0.1, -0.05) is 98.3 Å². The number of carbonyl (C=O) groups is 2. The second-order valence-corrected chi connectivity index (χ2v) is 35.3. The average molecular weight is 1150 g/mol. The van der Waals surface area contributed by atoms with E-state index in [4.69, 9.17) is 65.7 Å². The van der Waals surface area contributed by atoms with Gasteiger partial charge in [-0.2, -0.15) is 0 Å². The number of hydrogen-bond donors (Lipinski definition) is 0. The lowest BCUT2D eigenvalue weighted by atomic mass is 9.71. The number of rotatable bonds is 16. The quantitative estimate of drug-likeness (QED) is 0.0620. The first-order chi connectivity index (χ1) is 37.1. The lowest BCUT2D eigenvalue weighted by molar-refractivity contribution is -0.323. The lowest BCUT2D eigenvalue weighted by Crippen LogP contribution is -2.64. The Kier molecular flexibility index (Phi) is 21.3. The Labute approximate surface area is 475 Å². The van der Waals surface area contributed by atoms with Crippen LogP contribution in [-0.4, -0.2) is 153 Å². The monoisotopic (exact) mass is 1140 g/mol. The Morgan fingerprint density at radius 3 is 2.13 bits per heavy atom. The van der Waals surface area contributed by atoms with Gasteiger partial charge < -0.3 is 65.7 Å². The average Bonchev–Trinajstić information content (AvgIpc) is 3.52. The van der Waals surface area contributed by atoms with Gasteiger partial charge in [0.2, 0.25) is 0 Å². The number of esters is 2. The number of methoxy groups -OCH3 is 2. The maximum atomic E-state index is 15.5. The third-order valence-corrected chi connectivity index (χ3v) is 23.3. The normalized spacial score (nSPS) is 41.7. The molecule has 7 aliphatic rings. The number of allylic oxidation sites excluding steroid dienone is 2. The molecule has 7 rings (SSSR count). The highest BCUT2D eigenvalue weighted by Crippen LogP contribution is 2.53. The molecule has 4 fully saturated rings. The molecule has 1 spiro atoms. The summed E-state index contributed by atoms with van der Waals surface area (Å²) < 4.78 is 92.9. The summed E-state index contributed by atoms with van der Waals surface area (Å²) in [5, 5.41) is -0.0810. The van der Waals surface area contributed by atoms with Crippen LogP contribution >= 0.6 is 0 Å². The van der Waals surface area contributed by atoms with Crippen LogP contribution in [0.4, 0.5) is 0 Å². The largest absolute Gasteiger partial charge is 0.462 e. The van der Waals surface area contributed by atoms with Gasteiger partial charge in [-0.3, -0.25) is 9.59 Å². The Morgan fingerprint density at radius 1 is 0.835 bits per heavy atom. The summed E-state index contributed by atoms with van der Waals surface area (Å²) in [5.74, 6) is -2.32. The van der Waals surface area contributed by atoms with Crippen LogP contribution in [0, 0.1) is 23.7 Å². The maximum Gasteiger partial charge on any atom is 0.316 e. The molecule has 2 bridgehead atoms. The van der Waals surface area contributed by atoms with E-state index in [9.17, 15) is 4.79 Å². The molecule has 448 valence electrons. The number of carbonyl (C=O) groups excluding carboxylic acids is 2. The molecule has 0 radical (unpaired) electrons. The minimum Gasteiger partial charge on any atom is -0.462 e. The molecule has 0 aromatic carbocycles. The molecule has 4 saturated heterocycles. The van der Waals surface area contributed by atoms with E-state index in [2.05, 4.69) is 138 Å². The minimum absolute atomic E-state index is 0.0810. The molecule has 0 N–H and O–H groups in total. The molecule has 1 aliphatic carbocycles. The van der Waals surface area contributed by atoms with Crippen molar-refractivity contribution in [1.29, 1.82) is 0 Å². The van der Waals surface area contributed by atoms with Gasteiger partial charge in [0.1, 0.15) is 35.9 Å². The number of fused-ring (bicyclic) bond motifs is 2. The molecule has 16 nitrogen and oxygen atoms in total. The Bertz CT molecular complexity index is 2230. The zero-order chi connectivity index (χ0) is 58.0. The predicted octanol–water partition coefficient (Wildman–Crippen LogP) is 11.2. The Hall–Kier alpha value is -2.41. The fourth-order valence-electron chi connectivity index (χ4n) is 12.4. The van der Waals surface area contributed by atoms with E-state index >= 15 is 4.79 Å². The van der Waals surface area contributed by atoms with Crippen LogP contribution < -0.4 is 0 Å². The topological polar surface area (TPSA) is 163 Å². The van der Waals surface area contributed by atoms with E-state index in [1.165, 1.54) is 0 Å². The van der Waals surface area contributed by atoms with Crippen molar-refractivity contribution in [2.24, 2.45) is 23.7 Å². The van der Waals surface area contributed by atoms with Crippen molar-refractivity contribution in [2.75, 3.05) is 27.6 Å². The first kappa shape index (κ1) is 64.2. The van der Waals surface area contributed by atoms with Gasteiger partial charge in [-0.15, -0.1) is 0 Å². The standard InChI is InChI=1S/C61H100O16Si2/c1-20-36(3)53-39(6)27-28-60(75-53)33-45-30-44(74-60)26-25-38(5)52(72-50-32-48(65-14)56(42(9)70-50)73-51-31-47(64-13)55(41(8)69-51)68-35-67-49(62)21-2)37(4)23-22-24-43-34-66-57-54(76-79(18,19)59(10,11)12)40(7)29-46(58(63)71-45)61(43,57)77-78(15,16)17/h22-25,27-29,36-37,39,41-42,44-48,50-57H,20-21,26,30-35H2,1-19H3/b23-22+,38-25+,43-24+/t36?,37-,39-,41-,42-,44+,45-,46-,47-,48-,50-,51-,52-,53+,54+,55-,56-,57+,60+,61+/m0/s1. The van der Waals surface area contributed by atoms with Gasteiger partial charge in [0.25, 0.3) is 0 Å². The van der Waals surface area contributed by atoms with Crippen LogP contribution in [0.5, 0.6) is 0 Å². The molecular weight excluding hydrogens is 1040 g/mol. The zero-order valence-electron chi connectivity index (χ0n) is 51.3. The van der Waals surface area contributed by atoms with Crippen LogP contribution in [0.2, 0.25) is 37.8 Å². The molecular formula is C61H100O16Si2. The summed E-state index contributed by atoms with van der Waals surface area (Å²) in [6.07, 6.45) is 11.8. The van der Waals surface area contributed by atoms with E-state index in [1.807, 2.05) is 13.8 Å². The van der Waals surface area contributed by atoms with E-state index in [0.717, 1.165) is 23.1 Å². The summed E-state index contributed by atoms with van der Waals surface area (Å²) in [6, 6.07) is 0. The molecule has 1 unspecified atom stereocenters. The molecule has 0 amide bonds. The first-order valence-corrected chi connectivity index (χ1v) is 35.8. The molecule has 0 aromatic rings. The van der Waals surface area contributed by atoms with Crippen molar-refractivity contribution in [3.8, 4) is 0 Å². The van der Waals surface area contributed by atoms with E-state index < -0.39 is 101 Å². The van der Waals surface area contributed by atoms with Gasteiger partial charge >= 0.3 is 11.9 Å². The van der Waals surface area contributed by atoms with Crippen molar-refractivity contribution in [1.82, 2.24) is 0 Å². The summed E-state index contributed by atoms with van der Waals surface area (Å²) >= 11 is 0. The van der Waals surface area contributed by atoms with Crippen LogP contribution in [0.25, 0.3) is 0 Å². The van der Waals surface area contributed by atoms with Crippen LogP contribution in [-0.2, 0) is 75.3 Å². The van der Waals surface area contributed by atoms with Gasteiger partial charge in [0, 0.05) is 58.2 Å². The van der Waals surface area contributed by atoms with Gasteiger partial charge in [0.05, 0.1) is 55.4 Å². The highest BCUT2D eigenvalue weighted by atomic mass is 28.4. The Balaban J connectivity index is 1.22. The number of hydrogen-bond acceptors (Lipinski definition) is 16. The molecule has 18 heteroatoms. The van der Waals surface area contributed by atoms with Crippen molar-refractivity contribution in [2.45, 2.75) is 263 Å². The second kappa shape index (κ2) is 26.2. The lowest BCUT2D eigenvalue weighted by Gasteiger charge is -2.51. The van der Waals surface area contributed by atoms with Gasteiger partial charge in [-0.25, -0.2) is 0 Å². The van der Waals surface area contributed by atoms with E-state index in [0.29, 0.717) is 32.1 Å². The second-order valence-electron chi connectivity index (χ2n) is 26.1.